The second kappa shape index (κ2) is 15.6. The highest BCUT2D eigenvalue weighted by Crippen LogP contribution is 2.52. The Hall–Kier alpha value is -4.47. The lowest BCUT2D eigenvalue weighted by Crippen LogP contribution is -2.69. The molecule has 2 aromatic heterocycles. The lowest BCUT2D eigenvalue weighted by molar-refractivity contribution is 1.11. The fourth-order valence-electron chi connectivity index (χ4n) is 9.27. The average molecular weight is 944 g/mol. The van der Waals surface area contributed by atoms with Crippen molar-refractivity contribution < 1.29 is 0 Å². The van der Waals surface area contributed by atoms with Crippen molar-refractivity contribution in [2.24, 2.45) is 0 Å². The maximum Gasteiger partial charge on any atom is 0.0982 e. The molecule has 0 radical (unpaired) electrons. The normalized spacial score (nSPS) is 14.0. The number of aromatic nitrogens is 2. The van der Waals surface area contributed by atoms with E-state index in [-0.39, 0.29) is 0 Å². The van der Waals surface area contributed by atoms with E-state index in [2.05, 4.69) is 233 Å². The van der Waals surface area contributed by atoms with Crippen LogP contribution in [0.1, 0.15) is 11.4 Å². The van der Waals surface area contributed by atoms with E-state index in [9.17, 15) is 0 Å². The summed E-state index contributed by atoms with van der Waals surface area (Å²) >= 11 is 5.84. The molecule has 11 heteroatoms. The number of benzene rings is 6. The summed E-state index contributed by atoms with van der Waals surface area (Å²) in [6.07, 6.45) is 0. The van der Waals surface area contributed by atoms with Crippen molar-refractivity contribution in [2.75, 3.05) is 9.80 Å². The molecule has 6 aromatic carbocycles. The third-order valence-electron chi connectivity index (χ3n) is 14.8. The first kappa shape index (κ1) is 42.5. The van der Waals surface area contributed by atoms with E-state index in [4.69, 9.17) is 9.97 Å². The van der Waals surface area contributed by atoms with Crippen molar-refractivity contribution in [3.63, 3.8) is 0 Å². The minimum absolute atomic E-state index is 1.05. The van der Waals surface area contributed by atoms with Crippen LogP contribution in [0.15, 0.2) is 165 Å². The summed E-state index contributed by atoms with van der Waals surface area (Å²) in [6, 6.07) is 54.5. The molecule has 0 bridgehead atoms. The molecule has 8 aromatic rings. The smallest absolute Gasteiger partial charge is 0.0982 e. The summed E-state index contributed by atoms with van der Waals surface area (Å²) < 4.78 is 3.08. The van der Waals surface area contributed by atoms with Crippen molar-refractivity contribution in [1.82, 2.24) is 9.97 Å². The Morgan fingerprint density at radius 2 is 0.651 bits per heavy atom. The van der Waals surface area contributed by atoms with E-state index in [1.54, 1.807) is 9.00 Å². The first-order valence-electron chi connectivity index (χ1n) is 21.9. The zero-order chi connectivity index (χ0) is 44.1. The Bertz CT molecular complexity index is 2770. The van der Waals surface area contributed by atoms with Gasteiger partial charge < -0.3 is 9.80 Å². The maximum atomic E-state index is 5.48. The highest BCUT2D eigenvalue weighted by atomic mass is 32.2. The Kier molecular flexibility index (Phi) is 10.5. The quantitative estimate of drug-likeness (QED) is 0.141. The monoisotopic (exact) mass is 942 g/mol. The Morgan fingerprint density at radius 3 is 0.952 bits per heavy atom. The van der Waals surface area contributed by atoms with Gasteiger partial charge in [-0.15, -0.1) is 0 Å². The van der Waals surface area contributed by atoms with Gasteiger partial charge in [-0.2, -0.15) is 11.3 Å². The largest absolute Gasteiger partial charge is 0.308 e. The van der Waals surface area contributed by atoms with Gasteiger partial charge >= 0.3 is 0 Å². The van der Waals surface area contributed by atoms with Crippen molar-refractivity contribution >= 4 is 130 Å². The van der Waals surface area contributed by atoms with Crippen LogP contribution in [0.5, 0.6) is 0 Å². The third kappa shape index (κ3) is 6.80. The van der Waals surface area contributed by atoms with Gasteiger partial charge in [-0.05, 0) is 86.6 Å². The number of aryl methyl sites for hydroxylation is 2. The molecular formula is C52H54N4S3Si4. The molecule has 10 rings (SSSR count). The van der Waals surface area contributed by atoms with Crippen molar-refractivity contribution in [3.8, 4) is 0 Å². The molecule has 0 saturated carbocycles. The predicted octanol–water partition coefficient (Wildman–Crippen LogP) is 13.4. The lowest BCUT2D eigenvalue weighted by atomic mass is 10.2. The van der Waals surface area contributed by atoms with Gasteiger partial charge in [0.2, 0.25) is 0 Å². The average Bonchev–Trinajstić information content (AvgIpc) is 3.66. The number of nitrogens with zero attached hydrogens (tertiary/aromatic N) is 4. The summed E-state index contributed by atoms with van der Waals surface area (Å²) in [5, 5.41) is 3.03. The second-order valence-electron chi connectivity index (χ2n) is 19.2. The van der Waals surface area contributed by atoms with Gasteiger partial charge in [0, 0.05) is 40.0 Å². The van der Waals surface area contributed by atoms with Gasteiger partial charge in [0.15, 0.2) is 0 Å². The number of rotatable bonds is 8. The van der Waals surface area contributed by atoms with Gasteiger partial charge in [-0.25, -0.2) is 9.97 Å². The SMILES string of the molecule is Cc1nc2c([Si](C)(C)[Si](C)(C)c3ccc(N4c5ccccc5Sc5ccccc54)cc3)sc([Si](C)(C)[Si](C)(C)c3ccc(N4c5ccccc5Sc5ccccc54)cc3)c2nc1C. The molecule has 0 N–H and O–H groups in total. The van der Waals surface area contributed by atoms with E-state index < -0.39 is 30.4 Å². The van der Waals surface area contributed by atoms with E-state index in [1.165, 1.54) is 75.1 Å². The van der Waals surface area contributed by atoms with Crippen LogP contribution >= 0.6 is 34.9 Å². The van der Waals surface area contributed by atoms with Crippen LogP contribution in [0.4, 0.5) is 34.1 Å². The Labute approximate surface area is 389 Å². The fourth-order valence-corrected chi connectivity index (χ4v) is 36.1. The molecule has 2 aliphatic rings. The number of hydrogen-bond acceptors (Lipinski definition) is 7. The van der Waals surface area contributed by atoms with E-state index in [0.717, 1.165) is 11.4 Å². The summed E-state index contributed by atoms with van der Waals surface area (Å²) in [7, 11) is -8.40. The molecule has 63 heavy (non-hydrogen) atoms. The number of anilines is 6. The number of hydrogen-bond donors (Lipinski definition) is 0. The highest BCUT2D eigenvalue weighted by molar-refractivity contribution is 8.00. The van der Waals surface area contributed by atoms with Crippen molar-refractivity contribution in [2.45, 2.75) is 85.8 Å². The van der Waals surface area contributed by atoms with Crippen molar-refractivity contribution in [1.29, 1.82) is 0 Å². The number of fused-ring (bicyclic) bond motifs is 5. The molecule has 0 fully saturated rings. The van der Waals surface area contributed by atoms with Gasteiger partial charge in [-0.3, -0.25) is 0 Å². The molecule has 4 nitrogen and oxygen atoms in total. The van der Waals surface area contributed by atoms with Gasteiger partial charge in [-0.1, -0.05) is 159 Å². The van der Waals surface area contributed by atoms with Crippen LogP contribution in [0, 0.1) is 13.8 Å². The molecule has 2 aliphatic heterocycles. The van der Waals surface area contributed by atoms with Crippen molar-refractivity contribution in [3.05, 3.63) is 157 Å². The maximum absolute atomic E-state index is 5.48. The molecule has 0 saturated heterocycles. The highest BCUT2D eigenvalue weighted by Gasteiger charge is 2.51. The van der Waals surface area contributed by atoms with Crippen LogP contribution in [-0.2, 0) is 0 Å². The topological polar surface area (TPSA) is 32.3 Å². The fraction of sp³-hybridized carbons (Fsp3) is 0.192. The molecule has 316 valence electrons. The molecule has 0 spiro atoms. The molecule has 4 heterocycles. The molecular weight excluding hydrogens is 889 g/mol. The molecule has 0 aliphatic carbocycles. The van der Waals surface area contributed by atoms with Crippen LogP contribution < -0.4 is 29.2 Å². The van der Waals surface area contributed by atoms with Gasteiger partial charge in [0.1, 0.15) is 0 Å². The molecule has 0 unspecified atom stereocenters. The van der Waals surface area contributed by atoms with Crippen LogP contribution in [-0.4, -0.2) is 40.3 Å². The summed E-state index contributed by atoms with van der Waals surface area (Å²) in [5.74, 6) is 0. The summed E-state index contributed by atoms with van der Waals surface area (Å²) in [4.78, 5) is 21.0. The van der Waals surface area contributed by atoms with E-state index >= 15 is 0 Å². The first-order valence-corrected chi connectivity index (χ1v) is 38.4. The Morgan fingerprint density at radius 1 is 0.365 bits per heavy atom. The minimum atomic E-state index is -2.14. The summed E-state index contributed by atoms with van der Waals surface area (Å²) in [6.45, 7) is 25.3. The van der Waals surface area contributed by atoms with E-state index in [1.807, 2.05) is 23.5 Å². The molecule has 0 amide bonds. The third-order valence-corrected chi connectivity index (χ3v) is 57.1. The number of thiophene rings is 1. The van der Waals surface area contributed by atoms with Gasteiger partial charge in [0.25, 0.3) is 0 Å². The number of para-hydroxylation sites is 4. The van der Waals surface area contributed by atoms with Crippen LogP contribution in [0.3, 0.4) is 0 Å². The second-order valence-corrected chi connectivity index (χ2v) is 53.3. The zero-order valence-electron chi connectivity index (χ0n) is 37.9. The van der Waals surface area contributed by atoms with Crippen LogP contribution in [0.2, 0.25) is 52.4 Å². The van der Waals surface area contributed by atoms with E-state index in [0.29, 0.717) is 0 Å². The minimum Gasteiger partial charge on any atom is -0.308 e. The summed E-state index contributed by atoms with van der Waals surface area (Å²) in [5.41, 5.74) is 11.9. The predicted molar refractivity (Wildman–Crippen MR) is 286 cm³/mol. The Balaban J connectivity index is 1.01. The standard InChI is InChI=1S/C52H54N4S3Si4/c1-35-36(2)54-50-49(53-35)51(62(7,8)60(3,4)39-31-27-37(28-32-39)55-41-19-11-15-23-45(41)57-46-24-16-12-20-42(46)55)59-52(50)63(9,10)61(5,6)40-33-29-38(30-34-40)56-43-21-13-17-25-47(43)58-48-26-18-14-22-44(48)56/h11-34H,1-10H3. The zero-order valence-corrected chi connectivity index (χ0v) is 44.3. The van der Waals surface area contributed by atoms with Gasteiger partial charge in [0.05, 0.1) is 75.5 Å². The first-order chi connectivity index (χ1) is 30.1. The molecule has 0 atom stereocenters. The van der Waals surface area contributed by atoms with Crippen LogP contribution in [0.25, 0.3) is 11.0 Å². The lowest BCUT2D eigenvalue weighted by Gasteiger charge is -2.40.